The first-order valence-corrected chi connectivity index (χ1v) is 10.8. The zero-order chi connectivity index (χ0) is 23.5. The van der Waals surface area contributed by atoms with Crippen molar-refractivity contribution >= 4 is 28.9 Å². The summed E-state index contributed by atoms with van der Waals surface area (Å²) in [6.45, 7) is 4.68. The molecular weight excluding hydrogens is 418 g/mol. The number of para-hydroxylation sites is 1. The SMILES string of the molecule is CC(C)C(=O)Nc1ccc(NC(=O)CNc2ccc(OCCOc3ccccc3)cc2)cc1. The molecule has 0 spiro atoms. The van der Waals surface area contributed by atoms with E-state index in [9.17, 15) is 9.59 Å². The fourth-order valence-electron chi connectivity index (χ4n) is 2.82. The molecule has 0 radical (unpaired) electrons. The van der Waals surface area contributed by atoms with Crippen molar-refractivity contribution in [2.75, 3.05) is 35.7 Å². The Morgan fingerprint density at radius 1 is 0.697 bits per heavy atom. The van der Waals surface area contributed by atoms with Gasteiger partial charge < -0.3 is 25.4 Å². The standard InChI is InChI=1S/C26H29N3O4/c1-19(2)26(31)29-22-10-8-21(9-11-22)28-25(30)18-27-20-12-14-24(15-13-20)33-17-16-32-23-6-4-3-5-7-23/h3-15,19,27H,16-18H2,1-2H3,(H,28,30)(H,29,31). The van der Waals surface area contributed by atoms with Gasteiger partial charge in [-0.05, 0) is 60.7 Å². The van der Waals surface area contributed by atoms with Gasteiger partial charge in [0.15, 0.2) is 0 Å². The highest BCUT2D eigenvalue weighted by atomic mass is 16.5. The van der Waals surface area contributed by atoms with Gasteiger partial charge in [-0.15, -0.1) is 0 Å². The van der Waals surface area contributed by atoms with Crippen LogP contribution in [0.1, 0.15) is 13.8 Å². The molecule has 0 fully saturated rings. The van der Waals surface area contributed by atoms with Crippen LogP contribution in [0.3, 0.4) is 0 Å². The topological polar surface area (TPSA) is 88.7 Å². The molecule has 7 heteroatoms. The van der Waals surface area contributed by atoms with Crippen molar-refractivity contribution in [3.63, 3.8) is 0 Å². The maximum absolute atomic E-state index is 12.2. The third-order valence-corrected chi connectivity index (χ3v) is 4.63. The van der Waals surface area contributed by atoms with Gasteiger partial charge in [0.05, 0.1) is 6.54 Å². The highest BCUT2D eigenvalue weighted by Crippen LogP contribution is 2.17. The van der Waals surface area contributed by atoms with Crippen LogP contribution in [0.5, 0.6) is 11.5 Å². The van der Waals surface area contributed by atoms with Crippen LogP contribution in [0.15, 0.2) is 78.9 Å². The fourth-order valence-corrected chi connectivity index (χ4v) is 2.82. The lowest BCUT2D eigenvalue weighted by molar-refractivity contribution is -0.119. The van der Waals surface area contributed by atoms with Crippen LogP contribution >= 0.6 is 0 Å². The Kier molecular flexibility index (Phi) is 8.71. The molecule has 3 rings (SSSR count). The van der Waals surface area contributed by atoms with Gasteiger partial charge in [-0.25, -0.2) is 0 Å². The molecule has 0 saturated heterocycles. The average molecular weight is 448 g/mol. The van der Waals surface area contributed by atoms with E-state index in [1.54, 1.807) is 24.3 Å². The lowest BCUT2D eigenvalue weighted by atomic mass is 10.2. The van der Waals surface area contributed by atoms with Gasteiger partial charge >= 0.3 is 0 Å². The Morgan fingerprint density at radius 2 is 1.21 bits per heavy atom. The van der Waals surface area contributed by atoms with Crippen LogP contribution in [-0.2, 0) is 9.59 Å². The van der Waals surface area contributed by atoms with E-state index in [1.165, 1.54) is 0 Å². The van der Waals surface area contributed by atoms with Crippen LogP contribution in [-0.4, -0.2) is 31.6 Å². The molecule has 0 bridgehead atoms. The lowest BCUT2D eigenvalue weighted by Gasteiger charge is -2.11. The number of hydrogen-bond acceptors (Lipinski definition) is 5. The van der Waals surface area contributed by atoms with Crippen molar-refractivity contribution in [3.05, 3.63) is 78.9 Å². The Labute approximate surface area is 194 Å². The third kappa shape index (κ3) is 8.22. The van der Waals surface area contributed by atoms with Gasteiger partial charge in [-0.1, -0.05) is 32.0 Å². The number of carbonyl (C=O) groups is 2. The summed E-state index contributed by atoms with van der Waals surface area (Å²) in [7, 11) is 0. The van der Waals surface area contributed by atoms with Crippen molar-refractivity contribution in [1.82, 2.24) is 0 Å². The van der Waals surface area contributed by atoms with E-state index in [4.69, 9.17) is 9.47 Å². The van der Waals surface area contributed by atoms with Crippen molar-refractivity contribution < 1.29 is 19.1 Å². The summed E-state index contributed by atoms with van der Waals surface area (Å²) in [5.41, 5.74) is 2.16. The van der Waals surface area contributed by atoms with E-state index in [-0.39, 0.29) is 24.3 Å². The molecule has 0 aromatic heterocycles. The summed E-state index contributed by atoms with van der Waals surface area (Å²) in [5, 5.41) is 8.72. The molecule has 0 aliphatic heterocycles. The summed E-state index contributed by atoms with van der Waals surface area (Å²) >= 11 is 0. The molecule has 0 aliphatic rings. The van der Waals surface area contributed by atoms with Crippen LogP contribution < -0.4 is 25.4 Å². The number of amides is 2. The molecule has 0 saturated carbocycles. The number of nitrogens with one attached hydrogen (secondary N) is 3. The molecule has 172 valence electrons. The van der Waals surface area contributed by atoms with Gasteiger partial charge in [0.2, 0.25) is 11.8 Å². The molecule has 3 N–H and O–H groups in total. The third-order valence-electron chi connectivity index (χ3n) is 4.63. The highest BCUT2D eigenvalue weighted by Gasteiger charge is 2.07. The summed E-state index contributed by atoms with van der Waals surface area (Å²) in [5.74, 6) is 1.23. The maximum Gasteiger partial charge on any atom is 0.243 e. The molecule has 0 unspecified atom stereocenters. The van der Waals surface area contributed by atoms with Crippen LogP contribution in [0.2, 0.25) is 0 Å². The van der Waals surface area contributed by atoms with Crippen molar-refractivity contribution in [1.29, 1.82) is 0 Å². The van der Waals surface area contributed by atoms with E-state index in [2.05, 4.69) is 16.0 Å². The first kappa shape index (κ1) is 23.7. The minimum absolute atomic E-state index is 0.0482. The second-order valence-corrected chi connectivity index (χ2v) is 7.66. The van der Waals surface area contributed by atoms with Crippen molar-refractivity contribution in [3.8, 4) is 11.5 Å². The molecule has 3 aromatic rings. The highest BCUT2D eigenvalue weighted by molar-refractivity contribution is 5.95. The average Bonchev–Trinajstić information content (AvgIpc) is 2.83. The fraction of sp³-hybridized carbons (Fsp3) is 0.231. The monoisotopic (exact) mass is 447 g/mol. The van der Waals surface area contributed by atoms with Crippen molar-refractivity contribution in [2.45, 2.75) is 13.8 Å². The van der Waals surface area contributed by atoms with E-state index >= 15 is 0 Å². The van der Waals surface area contributed by atoms with E-state index in [0.29, 0.717) is 24.6 Å². The number of hydrogen-bond donors (Lipinski definition) is 3. The van der Waals surface area contributed by atoms with Crippen LogP contribution in [0.4, 0.5) is 17.1 Å². The minimum Gasteiger partial charge on any atom is -0.490 e. The smallest absolute Gasteiger partial charge is 0.243 e. The van der Waals surface area contributed by atoms with E-state index < -0.39 is 0 Å². The van der Waals surface area contributed by atoms with Crippen molar-refractivity contribution in [2.24, 2.45) is 5.92 Å². The largest absolute Gasteiger partial charge is 0.490 e. The van der Waals surface area contributed by atoms with Crippen LogP contribution in [0.25, 0.3) is 0 Å². The second-order valence-electron chi connectivity index (χ2n) is 7.66. The summed E-state index contributed by atoms with van der Waals surface area (Å²) in [6, 6.07) is 24.0. The summed E-state index contributed by atoms with van der Waals surface area (Å²) < 4.78 is 11.3. The first-order valence-electron chi connectivity index (χ1n) is 10.8. The maximum atomic E-state index is 12.2. The molecule has 0 heterocycles. The lowest BCUT2D eigenvalue weighted by Crippen LogP contribution is -2.21. The Bertz CT molecular complexity index is 1020. The Morgan fingerprint density at radius 3 is 1.79 bits per heavy atom. The molecule has 2 amide bonds. The normalized spacial score (nSPS) is 10.4. The van der Waals surface area contributed by atoms with Gasteiger partial charge in [0.25, 0.3) is 0 Å². The van der Waals surface area contributed by atoms with Gasteiger partial charge in [0.1, 0.15) is 24.7 Å². The molecular formula is C26H29N3O4. The van der Waals surface area contributed by atoms with Crippen LogP contribution in [0, 0.1) is 5.92 Å². The Balaban J connectivity index is 1.36. The Hall–Kier alpha value is -4.00. The number of rotatable bonds is 11. The molecule has 0 atom stereocenters. The van der Waals surface area contributed by atoms with Gasteiger partial charge in [0, 0.05) is 23.0 Å². The molecule has 7 nitrogen and oxygen atoms in total. The number of anilines is 3. The zero-order valence-corrected chi connectivity index (χ0v) is 18.8. The van der Waals surface area contributed by atoms with Gasteiger partial charge in [-0.2, -0.15) is 0 Å². The van der Waals surface area contributed by atoms with Gasteiger partial charge in [-0.3, -0.25) is 9.59 Å². The number of ether oxygens (including phenoxy) is 2. The minimum atomic E-state index is -0.174. The first-order chi connectivity index (χ1) is 16.0. The van der Waals surface area contributed by atoms with E-state index in [0.717, 1.165) is 17.2 Å². The predicted molar refractivity (Wildman–Crippen MR) is 131 cm³/mol. The van der Waals surface area contributed by atoms with E-state index in [1.807, 2.05) is 68.4 Å². The molecule has 3 aromatic carbocycles. The summed E-state index contributed by atoms with van der Waals surface area (Å²) in [6.07, 6.45) is 0. The number of carbonyl (C=O) groups excluding carboxylic acids is 2. The predicted octanol–water partition coefficient (Wildman–Crippen LogP) is 4.79. The second kappa shape index (κ2) is 12.1. The zero-order valence-electron chi connectivity index (χ0n) is 18.8. The molecule has 0 aliphatic carbocycles. The number of benzene rings is 3. The molecule has 33 heavy (non-hydrogen) atoms. The summed E-state index contributed by atoms with van der Waals surface area (Å²) in [4.78, 5) is 23.9. The quantitative estimate of drug-likeness (QED) is 0.368.